The first-order chi connectivity index (χ1) is 5.86. The largest absolute Gasteiger partial charge is 0.494 e. The van der Waals surface area contributed by atoms with Crippen molar-refractivity contribution >= 4 is 11.8 Å². The van der Waals surface area contributed by atoms with Crippen molar-refractivity contribution in [2.75, 3.05) is 6.61 Å². The Bertz CT molecular complexity index is 241. The van der Waals surface area contributed by atoms with Crippen LogP contribution in [0.5, 0.6) is 5.75 Å². The van der Waals surface area contributed by atoms with Crippen LogP contribution in [0.15, 0.2) is 41.1 Å². The van der Waals surface area contributed by atoms with Gasteiger partial charge in [0.1, 0.15) is 5.75 Å². The van der Waals surface area contributed by atoms with Crippen molar-refractivity contribution in [1.82, 2.24) is 0 Å². The van der Waals surface area contributed by atoms with E-state index in [1.807, 2.05) is 36.6 Å². The maximum atomic E-state index is 5.30. The molecular formula is C10H12OS. The minimum absolute atomic E-state index is 0.716. The smallest absolute Gasteiger partial charge is 0.119 e. The lowest BCUT2D eigenvalue weighted by molar-refractivity contribution is 0.340. The first-order valence-corrected chi connectivity index (χ1v) is 4.75. The summed E-state index contributed by atoms with van der Waals surface area (Å²) in [4.78, 5) is 1.19. The van der Waals surface area contributed by atoms with Gasteiger partial charge < -0.3 is 4.74 Å². The minimum Gasteiger partial charge on any atom is -0.494 e. The summed E-state index contributed by atoms with van der Waals surface area (Å²) in [6.45, 7) is 6.34. The molecular weight excluding hydrogens is 168 g/mol. The molecule has 0 saturated carbocycles. The quantitative estimate of drug-likeness (QED) is 0.657. The van der Waals surface area contributed by atoms with Gasteiger partial charge in [0.25, 0.3) is 0 Å². The molecule has 64 valence electrons. The van der Waals surface area contributed by atoms with Gasteiger partial charge in [0.2, 0.25) is 0 Å². The fourth-order valence-corrected chi connectivity index (χ4v) is 1.36. The third-order valence-electron chi connectivity index (χ3n) is 1.35. The molecule has 1 aromatic rings. The predicted octanol–water partition coefficient (Wildman–Crippen LogP) is 3.32. The van der Waals surface area contributed by atoms with Gasteiger partial charge in [0.05, 0.1) is 6.61 Å². The number of hydrogen-bond acceptors (Lipinski definition) is 2. The van der Waals surface area contributed by atoms with E-state index in [2.05, 4.69) is 6.58 Å². The van der Waals surface area contributed by atoms with Crippen LogP contribution in [0.2, 0.25) is 0 Å². The number of thioether (sulfide) groups is 1. The Kier molecular flexibility index (Phi) is 3.74. The molecule has 0 aromatic heterocycles. The van der Waals surface area contributed by atoms with Crippen LogP contribution in [0.1, 0.15) is 6.92 Å². The third-order valence-corrected chi connectivity index (χ3v) is 2.07. The van der Waals surface area contributed by atoms with E-state index in [4.69, 9.17) is 4.74 Å². The van der Waals surface area contributed by atoms with Crippen LogP contribution in [0.3, 0.4) is 0 Å². The molecule has 12 heavy (non-hydrogen) atoms. The van der Waals surface area contributed by atoms with E-state index in [-0.39, 0.29) is 0 Å². The average Bonchev–Trinajstić information content (AvgIpc) is 2.09. The SMILES string of the molecule is C=CSc1ccc(OCC)cc1. The highest BCUT2D eigenvalue weighted by Crippen LogP contribution is 2.21. The highest BCUT2D eigenvalue weighted by molar-refractivity contribution is 8.02. The number of rotatable bonds is 4. The van der Waals surface area contributed by atoms with Gasteiger partial charge in [-0.2, -0.15) is 0 Å². The molecule has 0 heterocycles. The summed E-state index contributed by atoms with van der Waals surface area (Å²) in [6.07, 6.45) is 0. The summed E-state index contributed by atoms with van der Waals surface area (Å²) in [6, 6.07) is 7.99. The van der Waals surface area contributed by atoms with Gasteiger partial charge in [0.15, 0.2) is 0 Å². The van der Waals surface area contributed by atoms with E-state index in [0.717, 1.165) is 5.75 Å². The average molecular weight is 180 g/mol. The van der Waals surface area contributed by atoms with Crippen molar-refractivity contribution in [3.8, 4) is 5.75 Å². The molecule has 0 aliphatic carbocycles. The normalized spacial score (nSPS) is 9.42. The van der Waals surface area contributed by atoms with Crippen LogP contribution >= 0.6 is 11.8 Å². The second-order valence-electron chi connectivity index (χ2n) is 2.19. The molecule has 2 heteroatoms. The minimum atomic E-state index is 0.716. The third kappa shape index (κ3) is 2.62. The van der Waals surface area contributed by atoms with E-state index >= 15 is 0 Å². The molecule has 0 amide bonds. The molecule has 0 saturated heterocycles. The van der Waals surface area contributed by atoms with Crippen LogP contribution in [0.4, 0.5) is 0 Å². The van der Waals surface area contributed by atoms with E-state index in [0.29, 0.717) is 6.61 Å². The fraction of sp³-hybridized carbons (Fsp3) is 0.200. The second kappa shape index (κ2) is 4.88. The van der Waals surface area contributed by atoms with Crippen molar-refractivity contribution in [1.29, 1.82) is 0 Å². The van der Waals surface area contributed by atoms with E-state index in [1.54, 1.807) is 11.8 Å². The van der Waals surface area contributed by atoms with Gasteiger partial charge in [-0.3, -0.25) is 0 Å². The number of benzene rings is 1. The molecule has 1 aromatic carbocycles. The van der Waals surface area contributed by atoms with Crippen molar-refractivity contribution in [2.45, 2.75) is 11.8 Å². The lowest BCUT2D eigenvalue weighted by Gasteiger charge is -2.02. The lowest BCUT2D eigenvalue weighted by Crippen LogP contribution is -1.89. The monoisotopic (exact) mass is 180 g/mol. The summed E-state index contributed by atoms with van der Waals surface area (Å²) >= 11 is 1.61. The Morgan fingerprint density at radius 3 is 2.58 bits per heavy atom. The van der Waals surface area contributed by atoms with Crippen LogP contribution in [0.25, 0.3) is 0 Å². The maximum absolute atomic E-state index is 5.30. The summed E-state index contributed by atoms with van der Waals surface area (Å²) in [5, 5.41) is 1.82. The van der Waals surface area contributed by atoms with E-state index in [9.17, 15) is 0 Å². The van der Waals surface area contributed by atoms with Gasteiger partial charge in [-0.05, 0) is 36.6 Å². The van der Waals surface area contributed by atoms with Gasteiger partial charge in [-0.1, -0.05) is 18.3 Å². The molecule has 0 N–H and O–H groups in total. The zero-order chi connectivity index (χ0) is 8.81. The number of ether oxygens (including phenoxy) is 1. The van der Waals surface area contributed by atoms with Gasteiger partial charge in [0, 0.05) is 4.90 Å². The maximum Gasteiger partial charge on any atom is 0.119 e. The first kappa shape index (κ1) is 9.20. The zero-order valence-electron chi connectivity index (χ0n) is 7.12. The molecule has 1 rings (SSSR count). The molecule has 1 nitrogen and oxygen atoms in total. The fourth-order valence-electron chi connectivity index (χ4n) is 0.877. The van der Waals surface area contributed by atoms with Gasteiger partial charge in [-0.25, -0.2) is 0 Å². The zero-order valence-corrected chi connectivity index (χ0v) is 7.93. The predicted molar refractivity (Wildman–Crippen MR) is 53.7 cm³/mol. The summed E-state index contributed by atoms with van der Waals surface area (Å²) in [5.41, 5.74) is 0. The Balaban J connectivity index is 2.64. The summed E-state index contributed by atoms with van der Waals surface area (Å²) in [7, 11) is 0. The molecule has 0 bridgehead atoms. The van der Waals surface area contributed by atoms with Crippen molar-refractivity contribution < 1.29 is 4.74 Å². The highest BCUT2D eigenvalue weighted by Gasteiger charge is 1.92. The molecule has 0 aliphatic heterocycles. The van der Waals surface area contributed by atoms with Crippen molar-refractivity contribution in [2.24, 2.45) is 0 Å². The van der Waals surface area contributed by atoms with Crippen LogP contribution in [-0.2, 0) is 0 Å². The highest BCUT2D eigenvalue weighted by atomic mass is 32.2. The van der Waals surface area contributed by atoms with Gasteiger partial charge >= 0.3 is 0 Å². The van der Waals surface area contributed by atoms with Crippen molar-refractivity contribution in [3.63, 3.8) is 0 Å². The second-order valence-corrected chi connectivity index (χ2v) is 3.23. The van der Waals surface area contributed by atoms with Crippen LogP contribution < -0.4 is 4.74 Å². The van der Waals surface area contributed by atoms with Crippen LogP contribution in [0, 0.1) is 0 Å². The molecule has 0 atom stereocenters. The molecule has 0 aliphatic rings. The topological polar surface area (TPSA) is 9.23 Å². The summed E-state index contributed by atoms with van der Waals surface area (Å²) in [5.74, 6) is 0.922. The Morgan fingerprint density at radius 1 is 1.42 bits per heavy atom. The molecule has 0 radical (unpaired) electrons. The van der Waals surface area contributed by atoms with Crippen LogP contribution in [-0.4, -0.2) is 6.61 Å². The summed E-state index contributed by atoms with van der Waals surface area (Å²) < 4.78 is 5.30. The van der Waals surface area contributed by atoms with Gasteiger partial charge in [-0.15, -0.1) is 0 Å². The van der Waals surface area contributed by atoms with Crippen molar-refractivity contribution in [3.05, 3.63) is 36.3 Å². The first-order valence-electron chi connectivity index (χ1n) is 3.87. The lowest BCUT2D eigenvalue weighted by atomic mass is 10.3. The Morgan fingerprint density at radius 2 is 2.08 bits per heavy atom. The Labute approximate surface area is 77.4 Å². The molecule has 0 spiro atoms. The standard InChI is InChI=1S/C10H12OS/c1-3-11-9-5-7-10(8-6-9)12-4-2/h4-8H,2-3H2,1H3. The number of hydrogen-bond donors (Lipinski definition) is 0. The van der Waals surface area contributed by atoms with E-state index in [1.165, 1.54) is 4.90 Å². The Hall–Kier alpha value is -0.890. The molecule has 0 fully saturated rings. The molecule has 0 unspecified atom stereocenters. The van der Waals surface area contributed by atoms with E-state index < -0.39 is 0 Å².